The Morgan fingerprint density at radius 1 is 0.737 bits per heavy atom. The molecule has 1 aliphatic rings. The molecule has 0 bridgehead atoms. The minimum atomic E-state index is 0.474. The number of hydrogen-bond acceptors (Lipinski definition) is 2. The van der Waals surface area contributed by atoms with Gasteiger partial charge in [-0.25, -0.2) is 0 Å². The minimum absolute atomic E-state index is 0.474. The van der Waals surface area contributed by atoms with E-state index in [4.69, 9.17) is 0 Å². The zero-order chi connectivity index (χ0) is 14.5. The van der Waals surface area contributed by atoms with Gasteiger partial charge in [0.2, 0.25) is 0 Å². The van der Waals surface area contributed by atoms with Crippen molar-refractivity contribution in [3.63, 3.8) is 0 Å². The summed E-state index contributed by atoms with van der Waals surface area (Å²) in [4.78, 5) is 5.30. The third-order valence-corrected chi connectivity index (χ3v) is 4.70. The Kier molecular flexibility index (Phi) is 6.32. The second kappa shape index (κ2) is 7.08. The molecule has 0 unspecified atom stereocenters. The van der Waals surface area contributed by atoms with E-state index in [1.807, 2.05) is 0 Å². The van der Waals surface area contributed by atoms with Crippen molar-refractivity contribution in [1.29, 1.82) is 0 Å². The van der Waals surface area contributed by atoms with Gasteiger partial charge in [0.25, 0.3) is 0 Å². The molecule has 1 rings (SSSR count). The average Bonchev–Trinajstić information content (AvgIpc) is 2.34. The van der Waals surface area contributed by atoms with E-state index >= 15 is 0 Å². The summed E-state index contributed by atoms with van der Waals surface area (Å²) in [6.07, 6.45) is 3.94. The van der Waals surface area contributed by atoms with Crippen molar-refractivity contribution in [1.82, 2.24) is 9.80 Å². The molecule has 2 nitrogen and oxygen atoms in total. The van der Waals surface area contributed by atoms with Gasteiger partial charge in [0.05, 0.1) is 0 Å². The minimum Gasteiger partial charge on any atom is -0.301 e. The van der Waals surface area contributed by atoms with E-state index in [1.165, 1.54) is 58.5 Å². The summed E-state index contributed by atoms with van der Waals surface area (Å²) in [5.74, 6) is 0. The molecule has 0 atom stereocenters. The lowest BCUT2D eigenvalue weighted by atomic mass is 9.86. The topological polar surface area (TPSA) is 6.48 Å². The Hall–Kier alpha value is -0.0800. The Morgan fingerprint density at radius 2 is 1.16 bits per heavy atom. The lowest BCUT2D eigenvalue weighted by Crippen LogP contribution is -2.47. The molecule has 0 aliphatic carbocycles. The van der Waals surface area contributed by atoms with Crippen LogP contribution in [0.25, 0.3) is 0 Å². The molecule has 1 heterocycles. The maximum Gasteiger partial charge on any atom is 0.0110 e. The van der Waals surface area contributed by atoms with Crippen LogP contribution in [-0.4, -0.2) is 49.1 Å². The first-order valence-electron chi connectivity index (χ1n) is 8.17. The fourth-order valence-electron chi connectivity index (χ4n) is 2.37. The summed E-state index contributed by atoms with van der Waals surface area (Å²) in [6.45, 7) is 21.8. The molecule has 0 aromatic heterocycles. The van der Waals surface area contributed by atoms with Gasteiger partial charge in [-0.05, 0) is 36.8 Å². The van der Waals surface area contributed by atoms with Gasteiger partial charge in [-0.2, -0.15) is 0 Å². The van der Waals surface area contributed by atoms with Gasteiger partial charge in [-0.3, -0.25) is 0 Å². The molecule has 114 valence electrons. The Balaban J connectivity index is 2.19. The molecule has 0 amide bonds. The first-order chi connectivity index (χ1) is 8.72. The van der Waals surface area contributed by atoms with Crippen molar-refractivity contribution in [3.05, 3.63) is 0 Å². The lowest BCUT2D eigenvalue weighted by molar-refractivity contribution is 0.109. The van der Waals surface area contributed by atoms with E-state index in [9.17, 15) is 0 Å². The molecule has 0 aromatic carbocycles. The van der Waals surface area contributed by atoms with Crippen LogP contribution in [0.2, 0.25) is 0 Å². The summed E-state index contributed by atoms with van der Waals surface area (Å²) >= 11 is 0. The van der Waals surface area contributed by atoms with Gasteiger partial charge in [0.1, 0.15) is 0 Å². The van der Waals surface area contributed by atoms with Crippen LogP contribution >= 0.6 is 0 Å². The summed E-state index contributed by atoms with van der Waals surface area (Å²) in [7, 11) is 0. The van der Waals surface area contributed by atoms with Crippen molar-refractivity contribution >= 4 is 0 Å². The van der Waals surface area contributed by atoms with Gasteiger partial charge in [0.15, 0.2) is 0 Å². The second-order valence-corrected chi connectivity index (χ2v) is 8.26. The largest absolute Gasteiger partial charge is 0.301 e. The van der Waals surface area contributed by atoms with E-state index in [1.54, 1.807) is 0 Å². The highest BCUT2D eigenvalue weighted by Crippen LogP contribution is 2.25. The molecule has 0 saturated carbocycles. The predicted octanol–water partition coefficient (Wildman–Crippen LogP) is 3.87. The van der Waals surface area contributed by atoms with Crippen LogP contribution in [0.5, 0.6) is 0 Å². The molecule has 0 aromatic rings. The van der Waals surface area contributed by atoms with E-state index in [2.05, 4.69) is 51.3 Å². The van der Waals surface area contributed by atoms with Gasteiger partial charge < -0.3 is 9.80 Å². The summed E-state index contributed by atoms with van der Waals surface area (Å²) in [5.41, 5.74) is 0.992. The van der Waals surface area contributed by atoms with Gasteiger partial charge >= 0.3 is 0 Å². The smallest absolute Gasteiger partial charge is 0.0110 e. The first kappa shape index (κ1) is 17.0. The highest BCUT2D eigenvalue weighted by Gasteiger charge is 2.21. The van der Waals surface area contributed by atoms with Crippen molar-refractivity contribution in [3.8, 4) is 0 Å². The zero-order valence-corrected chi connectivity index (χ0v) is 14.3. The van der Waals surface area contributed by atoms with Gasteiger partial charge in [-0.1, -0.05) is 48.0 Å². The van der Waals surface area contributed by atoms with E-state index < -0.39 is 0 Å². The highest BCUT2D eigenvalue weighted by molar-refractivity contribution is 4.76. The number of hydrogen-bond donors (Lipinski definition) is 0. The quantitative estimate of drug-likeness (QED) is 0.721. The summed E-state index contributed by atoms with van der Waals surface area (Å²) in [6, 6.07) is 0. The molecule has 0 N–H and O–H groups in total. The fourth-order valence-corrected chi connectivity index (χ4v) is 2.37. The van der Waals surface area contributed by atoms with Crippen molar-refractivity contribution < 1.29 is 0 Å². The van der Waals surface area contributed by atoms with E-state index in [0.717, 1.165) is 0 Å². The highest BCUT2D eigenvalue weighted by atomic mass is 15.3. The van der Waals surface area contributed by atoms with Crippen LogP contribution in [0.3, 0.4) is 0 Å². The molecule has 0 spiro atoms. The maximum absolute atomic E-state index is 2.66. The van der Waals surface area contributed by atoms with E-state index in [0.29, 0.717) is 10.8 Å². The van der Waals surface area contributed by atoms with Gasteiger partial charge in [-0.15, -0.1) is 0 Å². The standard InChI is InChI=1S/C17H36N2/c1-7-17(5,6)9-11-19-14-12-18(13-15-19)10-8-16(2,3)4/h7-15H2,1-6H3. The van der Waals surface area contributed by atoms with Crippen LogP contribution in [0.4, 0.5) is 0 Å². The Bertz CT molecular complexity index is 244. The predicted molar refractivity (Wildman–Crippen MR) is 85.6 cm³/mol. The van der Waals surface area contributed by atoms with E-state index in [-0.39, 0.29) is 0 Å². The van der Waals surface area contributed by atoms with Crippen molar-refractivity contribution in [2.45, 2.75) is 60.8 Å². The van der Waals surface area contributed by atoms with Crippen LogP contribution in [0.1, 0.15) is 60.8 Å². The molecular formula is C17H36N2. The third kappa shape index (κ3) is 7.31. The number of piperazine rings is 1. The molecule has 1 saturated heterocycles. The van der Waals surface area contributed by atoms with Crippen LogP contribution in [0.15, 0.2) is 0 Å². The van der Waals surface area contributed by atoms with Crippen LogP contribution < -0.4 is 0 Å². The van der Waals surface area contributed by atoms with Crippen LogP contribution in [-0.2, 0) is 0 Å². The van der Waals surface area contributed by atoms with Crippen molar-refractivity contribution in [2.24, 2.45) is 10.8 Å². The maximum atomic E-state index is 2.66. The number of nitrogens with zero attached hydrogens (tertiary/aromatic N) is 2. The monoisotopic (exact) mass is 268 g/mol. The SMILES string of the molecule is CCC(C)(C)CCN1CCN(CCC(C)(C)C)CC1. The Morgan fingerprint density at radius 3 is 1.53 bits per heavy atom. The molecule has 1 aliphatic heterocycles. The molecule has 0 radical (unpaired) electrons. The van der Waals surface area contributed by atoms with Crippen LogP contribution in [0, 0.1) is 10.8 Å². The Labute approximate surface area is 121 Å². The molecule has 19 heavy (non-hydrogen) atoms. The molecule has 1 fully saturated rings. The molecule has 2 heteroatoms. The zero-order valence-electron chi connectivity index (χ0n) is 14.3. The fraction of sp³-hybridized carbons (Fsp3) is 1.00. The lowest BCUT2D eigenvalue weighted by Gasteiger charge is -2.37. The average molecular weight is 268 g/mol. The number of rotatable bonds is 6. The third-order valence-electron chi connectivity index (χ3n) is 4.70. The molecular weight excluding hydrogens is 232 g/mol. The first-order valence-corrected chi connectivity index (χ1v) is 8.17. The van der Waals surface area contributed by atoms with Gasteiger partial charge in [0, 0.05) is 26.2 Å². The van der Waals surface area contributed by atoms with Crippen molar-refractivity contribution in [2.75, 3.05) is 39.3 Å². The summed E-state index contributed by atoms with van der Waals surface area (Å²) < 4.78 is 0. The second-order valence-electron chi connectivity index (χ2n) is 8.26. The normalized spacial score (nSPS) is 19.9. The summed E-state index contributed by atoms with van der Waals surface area (Å²) in [5, 5.41) is 0.